The summed E-state index contributed by atoms with van der Waals surface area (Å²) in [4.78, 5) is 10.8. The molecule has 0 aliphatic carbocycles. The van der Waals surface area contributed by atoms with Crippen LogP contribution in [0.4, 0.5) is 0 Å². The van der Waals surface area contributed by atoms with Crippen LogP contribution in [-0.2, 0) is 18.4 Å². The summed E-state index contributed by atoms with van der Waals surface area (Å²) in [6.45, 7) is 6.50. The Bertz CT molecular complexity index is 261. The fourth-order valence-corrected chi connectivity index (χ4v) is 2.94. The van der Waals surface area contributed by atoms with Crippen molar-refractivity contribution in [3.63, 3.8) is 0 Å². The van der Waals surface area contributed by atoms with E-state index in [1.54, 1.807) is 13.8 Å². The van der Waals surface area contributed by atoms with Gasteiger partial charge in [-0.3, -0.25) is 9.36 Å². The van der Waals surface area contributed by atoms with Crippen LogP contribution in [0.3, 0.4) is 0 Å². The predicted octanol–water partition coefficient (Wildman–Crippen LogP) is 1.10. The summed E-state index contributed by atoms with van der Waals surface area (Å²) < 4.78 is 22.0. The van der Waals surface area contributed by atoms with E-state index in [0.717, 1.165) is 0 Å². The van der Waals surface area contributed by atoms with Crippen molar-refractivity contribution in [3.05, 3.63) is 0 Å². The monoisotopic (exact) mass is 253 g/mol. The van der Waals surface area contributed by atoms with Gasteiger partial charge in [0.2, 0.25) is 5.91 Å². The van der Waals surface area contributed by atoms with Crippen LogP contribution in [0, 0.1) is 0 Å². The van der Waals surface area contributed by atoms with Gasteiger partial charge in [0.1, 0.15) is 0 Å². The van der Waals surface area contributed by atoms with E-state index in [0.29, 0.717) is 0 Å². The summed E-state index contributed by atoms with van der Waals surface area (Å²) in [6, 6.07) is -0.693. The second kappa shape index (κ2) is 7.01. The molecule has 2 N–H and O–H groups in total. The van der Waals surface area contributed by atoms with Crippen molar-refractivity contribution in [1.29, 1.82) is 0 Å². The van der Waals surface area contributed by atoms with Gasteiger partial charge in [0.05, 0.1) is 19.3 Å². The Labute approximate surface area is 95.9 Å². The molecule has 16 heavy (non-hydrogen) atoms. The van der Waals surface area contributed by atoms with Crippen molar-refractivity contribution in [2.24, 2.45) is 0 Å². The summed E-state index contributed by atoms with van der Waals surface area (Å²) >= 11 is 0. The van der Waals surface area contributed by atoms with Crippen molar-refractivity contribution < 1.29 is 23.5 Å². The Morgan fingerprint density at radius 3 is 2.12 bits per heavy atom. The Balaban J connectivity index is 4.65. The molecule has 0 spiro atoms. The first kappa shape index (κ1) is 15.6. The van der Waals surface area contributed by atoms with Gasteiger partial charge in [-0.25, -0.2) is 0 Å². The van der Waals surface area contributed by atoms with Crippen molar-refractivity contribution in [2.75, 3.05) is 13.2 Å². The third-order valence-electron chi connectivity index (χ3n) is 1.82. The van der Waals surface area contributed by atoms with Crippen molar-refractivity contribution in [1.82, 2.24) is 5.32 Å². The number of aliphatic hydroxyl groups is 1. The second-order valence-corrected chi connectivity index (χ2v) is 5.40. The summed E-state index contributed by atoms with van der Waals surface area (Å²) in [5, 5.41) is 12.3. The summed E-state index contributed by atoms with van der Waals surface area (Å²) in [7, 11) is -3.58. The lowest BCUT2D eigenvalue weighted by molar-refractivity contribution is -0.120. The first-order chi connectivity index (χ1) is 7.37. The van der Waals surface area contributed by atoms with Gasteiger partial charge in [-0.2, -0.15) is 0 Å². The van der Waals surface area contributed by atoms with Crippen molar-refractivity contribution in [2.45, 2.75) is 39.6 Å². The number of carbonyl (C=O) groups excluding carboxylic acids is 1. The fourth-order valence-electron chi connectivity index (χ4n) is 1.22. The quantitative estimate of drug-likeness (QED) is 0.663. The highest BCUT2D eigenvalue weighted by Crippen LogP contribution is 2.52. The summed E-state index contributed by atoms with van der Waals surface area (Å²) in [6.07, 6.45) is 0. The average Bonchev–Trinajstić information content (AvgIpc) is 2.16. The van der Waals surface area contributed by atoms with E-state index >= 15 is 0 Å². The number of aliphatic hydroxyl groups excluding tert-OH is 1. The second-order valence-electron chi connectivity index (χ2n) is 3.28. The molecule has 96 valence electrons. The molecule has 0 fully saturated rings. The third-order valence-corrected chi connectivity index (χ3v) is 4.15. The summed E-state index contributed by atoms with van der Waals surface area (Å²) in [5.74, 6) is -1.68. The molecule has 7 heteroatoms. The zero-order valence-corrected chi connectivity index (χ0v) is 11.0. The molecular weight excluding hydrogens is 233 g/mol. The summed E-state index contributed by atoms with van der Waals surface area (Å²) in [5.41, 5.74) is 0. The van der Waals surface area contributed by atoms with E-state index in [4.69, 9.17) is 9.05 Å². The van der Waals surface area contributed by atoms with E-state index in [1.807, 2.05) is 0 Å². The molecule has 0 rings (SSSR count). The number of hydrogen-bond donors (Lipinski definition) is 2. The van der Waals surface area contributed by atoms with Crippen LogP contribution in [0.1, 0.15) is 27.7 Å². The van der Waals surface area contributed by atoms with Gasteiger partial charge >= 0.3 is 7.60 Å². The maximum absolute atomic E-state index is 12.1. The van der Waals surface area contributed by atoms with Crippen LogP contribution in [-0.4, -0.2) is 36.1 Å². The number of nitrogens with one attached hydrogen (secondary N) is 1. The van der Waals surface area contributed by atoms with Gasteiger partial charge in [0.25, 0.3) is 0 Å². The first-order valence-corrected chi connectivity index (χ1v) is 6.82. The largest absolute Gasteiger partial charge is 0.379 e. The minimum atomic E-state index is -3.58. The van der Waals surface area contributed by atoms with Gasteiger partial charge in [0, 0.05) is 6.92 Å². The predicted molar refractivity (Wildman–Crippen MR) is 60.1 cm³/mol. The standard InChI is InChI=1S/C9H20NO5P/c1-5-14-16(13,15-6-2)9(12)7(3)10-8(4)11/h7,9,12H,5-6H2,1-4H3,(H,10,11)/t7-,9+/m1/s1. The molecule has 0 unspecified atom stereocenters. The van der Waals surface area contributed by atoms with Crippen LogP contribution < -0.4 is 5.32 Å². The van der Waals surface area contributed by atoms with E-state index < -0.39 is 19.5 Å². The highest BCUT2D eigenvalue weighted by molar-refractivity contribution is 7.54. The maximum atomic E-state index is 12.1. The zero-order chi connectivity index (χ0) is 12.8. The maximum Gasteiger partial charge on any atom is 0.360 e. The average molecular weight is 253 g/mol. The van der Waals surface area contributed by atoms with Crippen LogP contribution in [0.25, 0.3) is 0 Å². The lowest BCUT2D eigenvalue weighted by Gasteiger charge is -2.26. The highest BCUT2D eigenvalue weighted by atomic mass is 31.2. The van der Waals surface area contributed by atoms with Gasteiger partial charge in [-0.15, -0.1) is 0 Å². The van der Waals surface area contributed by atoms with Gasteiger partial charge < -0.3 is 19.5 Å². The first-order valence-electron chi connectivity index (χ1n) is 5.21. The normalized spacial score (nSPS) is 15.6. The lowest BCUT2D eigenvalue weighted by atomic mass is 10.3. The molecule has 0 aliphatic rings. The SMILES string of the molecule is CCOP(=O)(OCC)[C@H](O)[C@@H](C)NC(C)=O. The minimum absolute atomic E-state index is 0.168. The molecule has 2 atom stereocenters. The Kier molecular flexibility index (Phi) is 6.83. The molecule has 0 saturated heterocycles. The van der Waals surface area contributed by atoms with Crippen molar-refractivity contribution in [3.8, 4) is 0 Å². The van der Waals surface area contributed by atoms with Gasteiger partial charge in [-0.05, 0) is 20.8 Å². The lowest BCUT2D eigenvalue weighted by Crippen LogP contribution is -2.40. The molecule has 0 heterocycles. The number of hydrogen-bond acceptors (Lipinski definition) is 5. The molecule has 0 saturated carbocycles. The van der Waals surface area contributed by atoms with E-state index in [9.17, 15) is 14.5 Å². The highest BCUT2D eigenvalue weighted by Gasteiger charge is 2.38. The van der Waals surface area contributed by atoms with Crippen LogP contribution in [0.2, 0.25) is 0 Å². The molecular formula is C9H20NO5P. The molecule has 1 amide bonds. The van der Waals surface area contributed by atoms with Gasteiger partial charge in [0.15, 0.2) is 5.85 Å². The topological polar surface area (TPSA) is 84.9 Å². The number of amides is 1. The Hall–Kier alpha value is -0.420. The van der Waals surface area contributed by atoms with Gasteiger partial charge in [-0.1, -0.05) is 0 Å². The Morgan fingerprint density at radius 1 is 1.38 bits per heavy atom. The molecule has 0 aromatic heterocycles. The zero-order valence-electron chi connectivity index (χ0n) is 10.1. The van der Waals surface area contributed by atoms with Crippen LogP contribution >= 0.6 is 7.60 Å². The minimum Gasteiger partial charge on any atom is -0.379 e. The molecule has 6 nitrogen and oxygen atoms in total. The number of rotatable bonds is 7. The molecule has 0 bridgehead atoms. The van der Waals surface area contributed by atoms with E-state index in [-0.39, 0.29) is 19.1 Å². The van der Waals surface area contributed by atoms with Crippen molar-refractivity contribution >= 4 is 13.5 Å². The fraction of sp³-hybridized carbons (Fsp3) is 0.889. The molecule has 0 aromatic rings. The van der Waals surface area contributed by atoms with E-state index in [2.05, 4.69) is 5.32 Å². The smallest absolute Gasteiger partial charge is 0.360 e. The van der Waals surface area contributed by atoms with E-state index in [1.165, 1.54) is 13.8 Å². The third kappa shape index (κ3) is 4.61. The van der Waals surface area contributed by atoms with Crippen LogP contribution in [0.15, 0.2) is 0 Å². The molecule has 0 aliphatic heterocycles. The Morgan fingerprint density at radius 2 is 1.81 bits per heavy atom. The number of carbonyl (C=O) groups is 1. The molecule has 0 radical (unpaired) electrons. The van der Waals surface area contributed by atoms with Crippen LogP contribution in [0.5, 0.6) is 0 Å². The molecule has 0 aromatic carbocycles.